The number of amides is 2. The molecule has 1 atom stereocenters. The van der Waals surface area contributed by atoms with E-state index < -0.39 is 33.3 Å². The summed E-state index contributed by atoms with van der Waals surface area (Å²) >= 11 is 32.7. The van der Waals surface area contributed by atoms with E-state index in [9.17, 15) is 19.5 Å². The summed E-state index contributed by atoms with van der Waals surface area (Å²) in [5, 5.41) is 16.1. The van der Waals surface area contributed by atoms with Crippen LogP contribution in [0.5, 0.6) is 0 Å². The number of hydrogen-bond acceptors (Lipinski definition) is 6. The first-order valence-corrected chi connectivity index (χ1v) is 14.8. The Balaban J connectivity index is 1.45. The fourth-order valence-electron chi connectivity index (χ4n) is 3.44. The number of aromatic carboxylic acids is 1. The number of halogens is 5. The lowest BCUT2D eigenvalue weighted by molar-refractivity contribution is -0.115. The van der Waals surface area contributed by atoms with Gasteiger partial charge in [-0.2, -0.15) is 0 Å². The molecule has 1 aromatic heterocycles. The minimum Gasteiger partial charge on any atom is -0.478 e. The van der Waals surface area contributed by atoms with Crippen molar-refractivity contribution < 1.29 is 19.5 Å². The van der Waals surface area contributed by atoms with E-state index in [-0.39, 0.29) is 21.0 Å². The van der Waals surface area contributed by atoms with Crippen LogP contribution in [0.1, 0.15) is 27.6 Å². The van der Waals surface area contributed by atoms with E-state index in [1.54, 1.807) is 43.3 Å². The van der Waals surface area contributed by atoms with E-state index in [1.807, 2.05) is 17.5 Å². The zero-order chi connectivity index (χ0) is 29.1. The van der Waals surface area contributed by atoms with Crippen LogP contribution in [0.4, 0.5) is 10.8 Å². The molecule has 0 aliphatic carbocycles. The van der Waals surface area contributed by atoms with Crippen LogP contribution < -0.4 is 10.6 Å². The van der Waals surface area contributed by atoms with Crippen molar-refractivity contribution in [1.82, 2.24) is 4.98 Å². The van der Waals surface area contributed by atoms with Crippen molar-refractivity contribution in [3.8, 4) is 11.3 Å². The van der Waals surface area contributed by atoms with Gasteiger partial charge in [0.25, 0.3) is 5.91 Å². The molecule has 0 radical (unpaired) electrons. The maximum absolute atomic E-state index is 13.0. The number of carbonyl (C=O) groups is 3. The average molecular weight is 676 g/mol. The minimum absolute atomic E-state index is 0.242. The molecular weight excluding hydrogens is 660 g/mol. The Kier molecular flexibility index (Phi) is 9.89. The summed E-state index contributed by atoms with van der Waals surface area (Å²) in [7, 11) is 0. The number of nitrogens with zero attached hydrogens (tertiary/aromatic N) is 1. The predicted molar refractivity (Wildman–Crippen MR) is 164 cm³/mol. The normalized spacial score (nSPS) is 11.7. The molecule has 0 aliphatic rings. The van der Waals surface area contributed by atoms with Crippen molar-refractivity contribution in [1.29, 1.82) is 0 Å². The molecule has 0 bridgehead atoms. The fourth-order valence-corrected chi connectivity index (χ4v) is 6.23. The molecule has 4 rings (SSSR count). The molecular formula is C26H16Cl5N3O4S2. The summed E-state index contributed by atoms with van der Waals surface area (Å²) in [5.41, 5.74) is 0.916. The van der Waals surface area contributed by atoms with E-state index >= 15 is 0 Å². The molecule has 1 unspecified atom stereocenters. The van der Waals surface area contributed by atoms with Gasteiger partial charge in [-0.25, -0.2) is 9.78 Å². The molecule has 1 heterocycles. The number of rotatable bonds is 8. The van der Waals surface area contributed by atoms with Crippen LogP contribution in [-0.2, 0) is 4.79 Å². The first-order valence-electron chi connectivity index (χ1n) is 11.2. The first-order chi connectivity index (χ1) is 19.0. The quantitative estimate of drug-likeness (QED) is 0.0977. The third-order valence-corrected chi connectivity index (χ3v) is 9.26. The van der Waals surface area contributed by atoms with Gasteiger partial charge in [0.1, 0.15) is 0 Å². The van der Waals surface area contributed by atoms with Crippen LogP contribution in [0.25, 0.3) is 11.3 Å². The van der Waals surface area contributed by atoms with Gasteiger partial charge in [-0.15, -0.1) is 23.1 Å². The number of hydrogen-bond donors (Lipinski definition) is 3. The van der Waals surface area contributed by atoms with Crippen molar-refractivity contribution in [2.75, 3.05) is 10.6 Å². The van der Waals surface area contributed by atoms with Crippen LogP contribution in [0, 0.1) is 0 Å². The van der Waals surface area contributed by atoms with E-state index in [4.69, 9.17) is 58.0 Å². The minimum atomic E-state index is -1.50. The maximum Gasteiger partial charge on any atom is 0.338 e. The Morgan fingerprint density at radius 2 is 1.55 bits per heavy atom. The lowest BCUT2D eigenvalue weighted by Crippen LogP contribution is -2.22. The zero-order valence-corrected chi connectivity index (χ0v) is 25.5. The Bertz CT molecular complexity index is 1630. The Morgan fingerprint density at radius 1 is 0.900 bits per heavy atom. The summed E-state index contributed by atoms with van der Waals surface area (Å²) < 4.78 is 0. The van der Waals surface area contributed by atoms with Gasteiger partial charge in [0, 0.05) is 26.5 Å². The standard InChI is InChI=1S/C26H16Cl5N3O4S2/c1-11(23(35)34-26-33-16(10-39-26)12-5-7-13(27)8-6-12)40-15-4-2-3-14(9-15)32-24(36)17-18(25(37)38)20(29)22(31)21(30)19(17)28/h2-11H,1H3,(H,32,36)(H,37,38)(H,33,34,35). The number of aromatic nitrogens is 1. The van der Waals surface area contributed by atoms with Crippen molar-refractivity contribution >= 4 is 110 Å². The third-order valence-electron chi connectivity index (χ3n) is 5.36. The Labute approximate surface area is 261 Å². The summed E-state index contributed by atoms with van der Waals surface area (Å²) in [6.45, 7) is 1.73. The van der Waals surface area contributed by atoms with Gasteiger partial charge in [0.15, 0.2) is 5.13 Å². The molecule has 0 spiro atoms. The van der Waals surface area contributed by atoms with Crippen molar-refractivity contribution in [3.05, 3.63) is 90.2 Å². The molecule has 0 saturated carbocycles. The first kappa shape index (κ1) is 30.5. The second kappa shape index (κ2) is 13.0. The molecule has 206 valence electrons. The lowest BCUT2D eigenvalue weighted by atomic mass is 10.1. The topological polar surface area (TPSA) is 108 Å². The van der Waals surface area contributed by atoms with Gasteiger partial charge in [0.2, 0.25) is 5.91 Å². The van der Waals surface area contributed by atoms with Crippen LogP contribution in [0.3, 0.4) is 0 Å². The molecule has 3 N–H and O–H groups in total. The second-order valence-electron chi connectivity index (χ2n) is 8.09. The Hall–Kier alpha value is -2.50. The molecule has 0 saturated heterocycles. The van der Waals surface area contributed by atoms with E-state index in [2.05, 4.69) is 15.6 Å². The van der Waals surface area contributed by atoms with Crippen molar-refractivity contribution in [2.45, 2.75) is 17.1 Å². The Morgan fingerprint density at radius 3 is 2.20 bits per heavy atom. The number of carboxylic acids is 1. The molecule has 0 fully saturated rings. The second-order valence-corrected chi connectivity index (χ2v) is 12.3. The molecule has 40 heavy (non-hydrogen) atoms. The summed E-state index contributed by atoms with van der Waals surface area (Å²) in [6, 6.07) is 13.9. The maximum atomic E-state index is 13.0. The smallest absolute Gasteiger partial charge is 0.338 e. The van der Waals surface area contributed by atoms with Crippen LogP contribution >= 0.6 is 81.1 Å². The fraction of sp³-hybridized carbons (Fsp3) is 0.0769. The summed E-state index contributed by atoms with van der Waals surface area (Å²) in [5.74, 6) is -2.61. The number of nitrogens with one attached hydrogen (secondary N) is 2. The lowest BCUT2D eigenvalue weighted by Gasteiger charge is -2.15. The van der Waals surface area contributed by atoms with Crippen molar-refractivity contribution in [3.63, 3.8) is 0 Å². The summed E-state index contributed by atoms with van der Waals surface area (Å²) in [4.78, 5) is 42.8. The van der Waals surface area contributed by atoms with Crippen molar-refractivity contribution in [2.24, 2.45) is 0 Å². The average Bonchev–Trinajstić information content (AvgIpc) is 3.38. The van der Waals surface area contributed by atoms with Gasteiger partial charge in [0.05, 0.1) is 42.2 Å². The molecule has 2 amide bonds. The number of thioether (sulfide) groups is 1. The van der Waals surface area contributed by atoms with Gasteiger partial charge in [-0.05, 0) is 37.3 Å². The molecule has 4 aromatic rings. The van der Waals surface area contributed by atoms with E-state index in [1.165, 1.54) is 23.1 Å². The highest BCUT2D eigenvalue weighted by atomic mass is 35.5. The zero-order valence-electron chi connectivity index (χ0n) is 20.1. The molecule has 7 nitrogen and oxygen atoms in total. The molecule has 0 aliphatic heterocycles. The van der Waals surface area contributed by atoms with E-state index in [0.717, 1.165) is 11.3 Å². The number of benzene rings is 3. The highest BCUT2D eigenvalue weighted by molar-refractivity contribution is 8.00. The predicted octanol–water partition coefficient (Wildman–Crippen LogP) is 9.15. The molecule has 14 heteroatoms. The highest BCUT2D eigenvalue weighted by Gasteiger charge is 2.29. The number of anilines is 2. The van der Waals surface area contributed by atoms with Crippen LogP contribution in [0.2, 0.25) is 25.1 Å². The van der Waals surface area contributed by atoms with Crippen LogP contribution in [0.15, 0.2) is 58.8 Å². The number of carboxylic acid groups (broad SMARTS) is 1. The number of carbonyl (C=O) groups excluding carboxylic acids is 2. The van der Waals surface area contributed by atoms with Gasteiger partial charge < -0.3 is 15.7 Å². The number of thiazole rings is 1. The SMILES string of the molecule is CC(Sc1cccc(NC(=O)c2c(Cl)c(Cl)c(Cl)c(Cl)c2C(=O)O)c1)C(=O)Nc1nc(-c2ccc(Cl)cc2)cs1. The largest absolute Gasteiger partial charge is 0.478 e. The van der Waals surface area contributed by atoms with Gasteiger partial charge >= 0.3 is 5.97 Å². The summed E-state index contributed by atoms with van der Waals surface area (Å²) in [6.07, 6.45) is 0. The van der Waals surface area contributed by atoms with Crippen LogP contribution in [-0.4, -0.2) is 33.1 Å². The highest BCUT2D eigenvalue weighted by Crippen LogP contribution is 2.42. The van der Waals surface area contributed by atoms with Gasteiger partial charge in [-0.3, -0.25) is 9.59 Å². The monoisotopic (exact) mass is 673 g/mol. The third kappa shape index (κ3) is 6.86. The molecule has 3 aromatic carbocycles. The van der Waals surface area contributed by atoms with E-state index in [0.29, 0.717) is 20.7 Å². The van der Waals surface area contributed by atoms with Gasteiger partial charge in [-0.1, -0.05) is 76.2 Å².